The van der Waals surface area contributed by atoms with E-state index in [2.05, 4.69) is 0 Å². The van der Waals surface area contributed by atoms with E-state index in [4.69, 9.17) is 4.74 Å². The molecular formula is C13H12N2O4S. The Bertz CT molecular complexity index is 599. The number of nitrogens with zero attached hydrogens (tertiary/aromatic N) is 2. The highest BCUT2D eigenvalue weighted by Crippen LogP contribution is 2.34. The minimum atomic E-state index is -1.46. The second-order valence-corrected chi connectivity index (χ2v) is 5.25. The topological polar surface area (TPSA) is 70.1 Å². The van der Waals surface area contributed by atoms with Gasteiger partial charge in [-0.05, 0) is 24.3 Å². The summed E-state index contributed by atoms with van der Waals surface area (Å²) in [6.07, 6.45) is 0.133. The maximum Gasteiger partial charge on any atom is 0.288 e. The Morgan fingerprint density at radius 3 is 2.65 bits per heavy atom. The molecule has 1 aromatic rings. The van der Waals surface area contributed by atoms with Crippen LogP contribution in [0.15, 0.2) is 36.2 Å². The average Bonchev–Trinajstić information content (AvgIpc) is 2.84. The lowest BCUT2D eigenvalue weighted by Gasteiger charge is -2.33. The number of hydrogen-bond donors (Lipinski definition) is 1. The molecule has 2 aliphatic heterocycles. The number of benzene rings is 1. The van der Waals surface area contributed by atoms with Crippen molar-refractivity contribution in [2.45, 2.75) is 6.23 Å². The number of carbonyl (C=O) groups excluding carboxylic acids is 2. The number of aliphatic hydroxyl groups excluding tert-OH is 1. The van der Waals surface area contributed by atoms with Crippen LogP contribution in [0.3, 0.4) is 0 Å². The Labute approximate surface area is 119 Å². The number of fused-ring (bicyclic) bond motifs is 1. The molecule has 2 heterocycles. The lowest BCUT2D eigenvalue weighted by atomic mass is 10.2. The number of anilines is 1. The van der Waals surface area contributed by atoms with Gasteiger partial charge in [-0.2, -0.15) is 0 Å². The highest BCUT2D eigenvalue weighted by Gasteiger charge is 2.42. The van der Waals surface area contributed by atoms with Crippen LogP contribution in [0.5, 0.6) is 5.75 Å². The highest BCUT2D eigenvalue weighted by molar-refractivity contribution is 8.14. The maximum atomic E-state index is 12.2. The summed E-state index contributed by atoms with van der Waals surface area (Å²) in [7, 11) is 1.56. The van der Waals surface area contributed by atoms with Crippen LogP contribution in [0.4, 0.5) is 10.5 Å². The Hall–Kier alpha value is -1.99. The SMILES string of the molecule is COc1ccc(N2C=C3CSC(=O)N3C(O)C2=O)cc1. The van der Waals surface area contributed by atoms with Gasteiger partial charge >= 0.3 is 0 Å². The van der Waals surface area contributed by atoms with Crippen LogP contribution in [-0.4, -0.2) is 40.2 Å². The molecule has 6 nitrogen and oxygen atoms in total. The molecule has 3 rings (SSSR count). The fourth-order valence-electron chi connectivity index (χ4n) is 2.14. The van der Waals surface area contributed by atoms with Gasteiger partial charge in [-0.3, -0.25) is 19.4 Å². The average molecular weight is 292 g/mol. The first-order chi connectivity index (χ1) is 9.61. The van der Waals surface area contributed by atoms with Crippen LogP contribution < -0.4 is 9.64 Å². The van der Waals surface area contributed by atoms with Gasteiger partial charge in [-0.25, -0.2) is 0 Å². The molecule has 0 aromatic heterocycles. The zero-order chi connectivity index (χ0) is 14.3. The van der Waals surface area contributed by atoms with Crippen molar-refractivity contribution in [2.24, 2.45) is 0 Å². The molecule has 7 heteroatoms. The van der Waals surface area contributed by atoms with E-state index in [1.807, 2.05) is 0 Å². The third-order valence-electron chi connectivity index (χ3n) is 3.18. The number of carbonyl (C=O) groups is 2. The monoisotopic (exact) mass is 292 g/mol. The van der Waals surface area contributed by atoms with E-state index >= 15 is 0 Å². The van der Waals surface area contributed by atoms with E-state index in [0.717, 1.165) is 16.7 Å². The van der Waals surface area contributed by atoms with E-state index < -0.39 is 12.1 Å². The van der Waals surface area contributed by atoms with Crippen molar-refractivity contribution in [3.8, 4) is 5.75 Å². The molecule has 104 valence electrons. The molecule has 2 amide bonds. The number of aliphatic hydroxyl groups is 1. The molecule has 1 aromatic carbocycles. The van der Waals surface area contributed by atoms with Gasteiger partial charge in [0.25, 0.3) is 11.1 Å². The Morgan fingerprint density at radius 2 is 2.00 bits per heavy atom. The summed E-state index contributed by atoms with van der Waals surface area (Å²) in [5.41, 5.74) is 1.24. The van der Waals surface area contributed by atoms with E-state index in [0.29, 0.717) is 22.9 Å². The number of amides is 2. The first kappa shape index (κ1) is 13.0. The number of ether oxygens (including phenoxy) is 1. The van der Waals surface area contributed by atoms with Gasteiger partial charge in [-0.15, -0.1) is 0 Å². The first-order valence-corrected chi connectivity index (χ1v) is 6.92. The molecular weight excluding hydrogens is 280 g/mol. The third kappa shape index (κ3) is 1.95. The molecule has 0 saturated carbocycles. The van der Waals surface area contributed by atoms with Crippen LogP contribution in [0.25, 0.3) is 0 Å². The van der Waals surface area contributed by atoms with E-state index in [1.54, 1.807) is 37.6 Å². The summed E-state index contributed by atoms with van der Waals surface area (Å²) in [4.78, 5) is 26.2. The second-order valence-electron chi connectivity index (χ2n) is 4.32. The molecule has 2 aliphatic rings. The molecule has 0 bridgehead atoms. The van der Waals surface area contributed by atoms with Gasteiger partial charge in [0.15, 0.2) is 0 Å². The van der Waals surface area contributed by atoms with Gasteiger partial charge in [0.1, 0.15) is 5.75 Å². The number of hydrogen-bond acceptors (Lipinski definition) is 5. The van der Waals surface area contributed by atoms with Crippen molar-refractivity contribution in [1.82, 2.24) is 4.90 Å². The zero-order valence-electron chi connectivity index (χ0n) is 10.6. The molecule has 0 radical (unpaired) electrons. The van der Waals surface area contributed by atoms with Gasteiger partial charge in [0.2, 0.25) is 6.23 Å². The van der Waals surface area contributed by atoms with Crippen LogP contribution in [0.2, 0.25) is 0 Å². The largest absolute Gasteiger partial charge is 0.497 e. The summed E-state index contributed by atoms with van der Waals surface area (Å²) in [6, 6.07) is 6.91. The quantitative estimate of drug-likeness (QED) is 0.891. The Kier molecular flexibility index (Phi) is 3.15. The van der Waals surface area contributed by atoms with Crippen LogP contribution in [0.1, 0.15) is 0 Å². The minimum Gasteiger partial charge on any atom is -0.497 e. The van der Waals surface area contributed by atoms with Crippen LogP contribution in [-0.2, 0) is 4.79 Å². The van der Waals surface area contributed by atoms with Crippen LogP contribution in [0, 0.1) is 0 Å². The number of methoxy groups -OCH3 is 1. The predicted molar refractivity (Wildman–Crippen MR) is 74.3 cm³/mol. The fourth-order valence-corrected chi connectivity index (χ4v) is 2.98. The molecule has 1 fully saturated rings. The lowest BCUT2D eigenvalue weighted by molar-refractivity contribution is -0.132. The molecule has 1 atom stereocenters. The molecule has 1 saturated heterocycles. The smallest absolute Gasteiger partial charge is 0.288 e. The second kappa shape index (κ2) is 4.84. The van der Waals surface area contributed by atoms with E-state index in [1.165, 1.54) is 4.90 Å². The van der Waals surface area contributed by atoms with Crippen molar-refractivity contribution < 1.29 is 19.4 Å². The van der Waals surface area contributed by atoms with Crippen molar-refractivity contribution in [3.05, 3.63) is 36.2 Å². The van der Waals surface area contributed by atoms with Gasteiger partial charge < -0.3 is 9.84 Å². The number of thioether (sulfide) groups is 1. The molecule has 1 N–H and O–H groups in total. The van der Waals surface area contributed by atoms with Crippen molar-refractivity contribution in [1.29, 1.82) is 0 Å². The first-order valence-electron chi connectivity index (χ1n) is 5.93. The van der Waals surface area contributed by atoms with Crippen molar-refractivity contribution >= 4 is 28.6 Å². The number of rotatable bonds is 2. The summed E-state index contributed by atoms with van der Waals surface area (Å²) in [5.74, 6) is 0.588. The summed E-state index contributed by atoms with van der Waals surface area (Å²) in [5, 5.41) is 9.69. The third-order valence-corrected chi connectivity index (χ3v) is 4.07. The highest BCUT2D eigenvalue weighted by atomic mass is 32.2. The normalized spacial score (nSPS) is 21.9. The zero-order valence-corrected chi connectivity index (χ0v) is 11.5. The van der Waals surface area contributed by atoms with Gasteiger partial charge in [-0.1, -0.05) is 11.8 Å². The van der Waals surface area contributed by atoms with Crippen LogP contribution >= 0.6 is 11.8 Å². The van der Waals surface area contributed by atoms with Crippen molar-refractivity contribution in [2.75, 3.05) is 17.8 Å². The maximum absolute atomic E-state index is 12.2. The Balaban J connectivity index is 1.97. The van der Waals surface area contributed by atoms with E-state index in [9.17, 15) is 14.7 Å². The Morgan fingerprint density at radius 1 is 1.30 bits per heavy atom. The van der Waals surface area contributed by atoms with Crippen molar-refractivity contribution in [3.63, 3.8) is 0 Å². The molecule has 0 spiro atoms. The predicted octanol–water partition coefficient (Wildman–Crippen LogP) is 1.37. The minimum absolute atomic E-state index is 0.300. The molecule has 1 unspecified atom stereocenters. The summed E-state index contributed by atoms with van der Waals surface area (Å²) in [6.45, 7) is 0. The summed E-state index contributed by atoms with van der Waals surface area (Å²) < 4.78 is 5.06. The molecule has 20 heavy (non-hydrogen) atoms. The standard InChI is InChI=1S/C13H12N2O4S/c1-19-10-4-2-8(3-5-10)14-6-9-7-20-13(18)15(9)12(17)11(14)16/h2-6,12,17H,7H2,1H3. The lowest BCUT2D eigenvalue weighted by Crippen LogP contribution is -2.50. The van der Waals surface area contributed by atoms with Gasteiger partial charge in [0, 0.05) is 17.6 Å². The summed E-state index contributed by atoms with van der Waals surface area (Å²) >= 11 is 1.07. The van der Waals surface area contributed by atoms with E-state index in [-0.39, 0.29) is 5.24 Å². The molecule has 0 aliphatic carbocycles. The van der Waals surface area contributed by atoms with Gasteiger partial charge in [0.05, 0.1) is 12.8 Å². The fraction of sp³-hybridized carbons (Fsp3) is 0.231.